The summed E-state index contributed by atoms with van der Waals surface area (Å²) in [5.74, 6) is 0.277. The normalized spacial score (nSPS) is 24.9. The van der Waals surface area contributed by atoms with E-state index in [0.717, 1.165) is 64.0 Å². The molecule has 0 aromatic heterocycles. The zero-order valence-corrected chi connectivity index (χ0v) is 17.1. The highest BCUT2D eigenvalue weighted by Crippen LogP contribution is 2.37. The number of likely N-dealkylation sites (N-methyl/N-ethyl adjacent to an activating group) is 1. The summed E-state index contributed by atoms with van der Waals surface area (Å²) in [6.07, 6.45) is 5.24. The average molecular weight is 385 g/mol. The predicted molar refractivity (Wildman–Crippen MR) is 110 cm³/mol. The summed E-state index contributed by atoms with van der Waals surface area (Å²) in [5.41, 5.74) is 2.56. The van der Waals surface area contributed by atoms with Gasteiger partial charge < -0.3 is 10.2 Å². The molecule has 2 amide bonds. The van der Waals surface area contributed by atoms with Crippen molar-refractivity contribution >= 4 is 17.5 Å². The Kier molecular flexibility index (Phi) is 5.43. The summed E-state index contributed by atoms with van der Waals surface area (Å²) >= 11 is 0. The Balaban J connectivity index is 1.34. The molecule has 1 aromatic carbocycles. The number of nitrogens with one attached hydrogen (secondary N) is 1. The molecule has 0 saturated carbocycles. The second-order valence-corrected chi connectivity index (χ2v) is 8.76. The number of hydrogen-bond acceptors (Lipinski definition) is 4. The fourth-order valence-corrected chi connectivity index (χ4v) is 5.37. The van der Waals surface area contributed by atoms with Gasteiger partial charge in [0.2, 0.25) is 11.8 Å². The third-order valence-corrected chi connectivity index (χ3v) is 6.89. The number of fused-ring (bicyclic) bond motifs is 1. The highest BCUT2D eigenvalue weighted by Gasteiger charge is 2.45. The number of aryl methyl sites for hydroxylation is 1. The number of amides is 2. The molecule has 3 heterocycles. The minimum Gasteiger partial charge on any atom is -0.352 e. The number of carbonyl (C=O) groups excluding carboxylic acids is 2. The number of likely N-dealkylation sites (tertiary alicyclic amines) is 2. The van der Waals surface area contributed by atoms with Crippen LogP contribution in [0.1, 0.15) is 38.2 Å². The number of rotatable bonds is 3. The quantitative estimate of drug-likeness (QED) is 0.861. The van der Waals surface area contributed by atoms with Crippen LogP contribution < -0.4 is 10.2 Å². The van der Waals surface area contributed by atoms with Gasteiger partial charge in [0.1, 0.15) is 0 Å². The molecule has 3 aliphatic rings. The van der Waals surface area contributed by atoms with E-state index in [-0.39, 0.29) is 23.4 Å². The van der Waals surface area contributed by atoms with E-state index in [9.17, 15) is 9.59 Å². The largest absolute Gasteiger partial charge is 0.352 e. The number of benzene rings is 1. The number of hydrogen-bond donors (Lipinski definition) is 1. The smallest absolute Gasteiger partial charge is 0.241 e. The Labute approximate surface area is 167 Å². The molecule has 1 spiro atoms. The first-order valence-corrected chi connectivity index (χ1v) is 10.6. The van der Waals surface area contributed by atoms with Gasteiger partial charge in [-0.1, -0.05) is 18.2 Å². The topological polar surface area (TPSA) is 55.9 Å². The number of anilines is 1. The molecule has 2 saturated heterocycles. The zero-order valence-electron chi connectivity index (χ0n) is 17.1. The molecule has 0 aliphatic carbocycles. The van der Waals surface area contributed by atoms with E-state index in [1.807, 2.05) is 11.0 Å². The van der Waals surface area contributed by atoms with Crippen LogP contribution in [-0.4, -0.2) is 73.0 Å². The van der Waals surface area contributed by atoms with Gasteiger partial charge in [-0.15, -0.1) is 0 Å². The van der Waals surface area contributed by atoms with Gasteiger partial charge in [0.05, 0.1) is 6.54 Å². The van der Waals surface area contributed by atoms with Gasteiger partial charge in [0.15, 0.2) is 0 Å². The Hall–Kier alpha value is -1.92. The van der Waals surface area contributed by atoms with Crippen molar-refractivity contribution in [2.75, 3.05) is 44.7 Å². The fourth-order valence-electron chi connectivity index (χ4n) is 5.37. The van der Waals surface area contributed by atoms with Gasteiger partial charge in [0.25, 0.3) is 0 Å². The Morgan fingerprint density at radius 3 is 2.68 bits per heavy atom. The lowest BCUT2D eigenvalue weighted by molar-refractivity contribution is -0.121. The summed E-state index contributed by atoms with van der Waals surface area (Å²) < 4.78 is 0. The lowest BCUT2D eigenvalue weighted by Crippen LogP contribution is -2.53. The summed E-state index contributed by atoms with van der Waals surface area (Å²) in [7, 11) is 2.17. The van der Waals surface area contributed by atoms with Crippen LogP contribution in [0.2, 0.25) is 0 Å². The Morgan fingerprint density at radius 1 is 1.18 bits per heavy atom. The van der Waals surface area contributed by atoms with Gasteiger partial charge >= 0.3 is 0 Å². The monoisotopic (exact) mass is 384 g/mol. The van der Waals surface area contributed by atoms with E-state index in [0.29, 0.717) is 6.54 Å². The number of piperidine rings is 1. The first-order chi connectivity index (χ1) is 13.5. The second-order valence-electron chi connectivity index (χ2n) is 8.76. The molecule has 6 nitrogen and oxygen atoms in total. The fraction of sp³-hybridized carbons (Fsp3) is 0.636. The van der Waals surface area contributed by atoms with Crippen LogP contribution in [0.25, 0.3) is 0 Å². The van der Waals surface area contributed by atoms with Crippen LogP contribution in [0.3, 0.4) is 0 Å². The maximum Gasteiger partial charge on any atom is 0.241 e. The van der Waals surface area contributed by atoms with E-state index >= 15 is 0 Å². The maximum atomic E-state index is 13.0. The minimum absolute atomic E-state index is 0.0558. The highest BCUT2D eigenvalue weighted by molar-refractivity contribution is 5.96. The zero-order chi connectivity index (χ0) is 19.7. The Morgan fingerprint density at radius 2 is 1.93 bits per heavy atom. The molecule has 28 heavy (non-hydrogen) atoms. The summed E-state index contributed by atoms with van der Waals surface area (Å²) in [4.78, 5) is 31.1. The van der Waals surface area contributed by atoms with E-state index in [4.69, 9.17) is 0 Å². The second kappa shape index (κ2) is 7.84. The van der Waals surface area contributed by atoms with Crippen molar-refractivity contribution in [1.82, 2.24) is 15.1 Å². The van der Waals surface area contributed by atoms with Crippen LogP contribution in [-0.2, 0) is 16.0 Å². The molecule has 6 heteroatoms. The van der Waals surface area contributed by atoms with Gasteiger partial charge in [-0.3, -0.25) is 19.4 Å². The van der Waals surface area contributed by atoms with Crippen molar-refractivity contribution in [3.63, 3.8) is 0 Å². The minimum atomic E-state index is 0.0558. The maximum absolute atomic E-state index is 13.0. The van der Waals surface area contributed by atoms with Crippen molar-refractivity contribution in [2.24, 2.45) is 0 Å². The summed E-state index contributed by atoms with van der Waals surface area (Å²) in [6.45, 7) is 5.73. The lowest BCUT2D eigenvalue weighted by atomic mass is 9.84. The van der Waals surface area contributed by atoms with Gasteiger partial charge in [-0.2, -0.15) is 0 Å². The standard InChI is InChI=1S/C22H32N4O2/c1-17(27)23-19-14-22(24(2)15-19)9-12-25(13-10-22)16-21(28)26-11-5-7-18-6-3-4-8-20(18)26/h3-4,6,8,19H,5,7,9-16H2,1-2H3,(H,23,27)/t19-/m1/s1. The Bertz CT molecular complexity index is 742. The van der Waals surface area contributed by atoms with Gasteiger partial charge in [-0.05, 0) is 50.8 Å². The van der Waals surface area contributed by atoms with Crippen LogP contribution >= 0.6 is 0 Å². The molecular formula is C22H32N4O2. The summed E-state index contributed by atoms with van der Waals surface area (Å²) in [6, 6.07) is 8.55. The number of para-hydroxylation sites is 1. The molecule has 1 N–H and O–H groups in total. The van der Waals surface area contributed by atoms with E-state index < -0.39 is 0 Å². The van der Waals surface area contributed by atoms with Crippen molar-refractivity contribution in [3.8, 4) is 0 Å². The lowest BCUT2D eigenvalue weighted by Gasteiger charge is -2.43. The molecule has 0 bridgehead atoms. The number of nitrogens with zero attached hydrogens (tertiary/aromatic N) is 3. The van der Waals surface area contributed by atoms with Crippen LogP contribution in [0.5, 0.6) is 0 Å². The summed E-state index contributed by atoms with van der Waals surface area (Å²) in [5, 5.41) is 3.08. The third-order valence-electron chi connectivity index (χ3n) is 6.89. The third kappa shape index (κ3) is 3.80. The van der Waals surface area contributed by atoms with Crippen LogP contribution in [0.15, 0.2) is 24.3 Å². The van der Waals surface area contributed by atoms with Crippen LogP contribution in [0.4, 0.5) is 5.69 Å². The van der Waals surface area contributed by atoms with E-state index in [1.54, 1.807) is 6.92 Å². The average Bonchev–Trinajstić information content (AvgIpc) is 2.97. The highest BCUT2D eigenvalue weighted by atomic mass is 16.2. The molecule has 2 fully saturated rings. The molecule has 4 rings (SSSR count). The number of carbonyl (C=O) groups is 2. The van der Waals surface area contributed by atoms with E-state index in [2.05, 4.69) is 40.4 Å². The molecule has 0 radical (unpaired) electrons. The molecule has 0 unspecified atom stereocenters. The van der Waals surface area contributed by atoms with Crippen LogP contribution in [0, 0.1) is 0 Å². The van der Waals surface area contributed by atoms with Crippen molar-refractivity contribution < 1.29 is 9.59 Å². The first kappa shape index (κ1) is 19.4. The molecule has 1 aromatic rings. The van der Waals surface area contributed by atoms with Gasteiger partial charge in [0, 0.05) is 50.4 Å². The van der Waals surface area contributed by atoms with Gasteiger partial charge in [-0.25, -0.2) is 0 Å². The molecule has 152 valence electrons. The molecule has 1 atom stereocenters. The predicted octanol–water partition coefficient (Wildman–Crippen LogP) is 1.64. The SMILES string of the molecule is CC(=O)N[C@H]1CN(C)C2(CCN(CC(=O)N3CCCc4ccccc43)CC2)C1. The first-order valence-electron chi connectivity index (χ1n) is 10.6. The van der Waals surface area contributed by atoms with Crippen molar-refractivity contribution in [3.05, 3.63) is 29.8 Å². The molecular weight excluding hydrogens is 352 g/mol. The van der Waals surface area contributed by atoms with Crippen molar-refractivity contribution in [2.45, 2.75) is 50.6 Å². The van der Waals surface area contributed by atoms with Crippen molar-refractivity contribution in [1.29, 1.82) is 0 Å². The van der Waals surface area contributed by atoms with E-state index in [1.165, 1.54) is 5.56 Å². The molecule has 3 aliphatic heterocycles.